The third-order valence-electron chi connectivity index (χ3n) is 4.66. The number of methoxy groups -OCH3 is 1. The number of hydrogen-bond donors (Lipinski definition) is 1. The summed E-state index contributed by atoms with van der Waals surface area (Å²) in [6, 6.07) is 8.46. The highest BCUT2D eigenvalue weighted by Gasteiger charge is 2.39. The van der Waals surface area contributed by atoms with Gasteiger partial charge in [-0.25, -0.2) is 0 Å². The molecule has 1 N–H and O–H groups in total. The predicted molar refractivity (Wildman–Crippen MR) is 89.9 cm³/mol. The highest BCUT2D eigenvalue weighted by molar-refractivity contribution is 6.30. The minimum Gasteiger partial charge on any atom is -0.376 e. The monoisotopic (exact) mass is 309 g/mol. The molecule has 1 fully saturated rings. The lowest BCUT2D eigenvalue weighted by Gasteiger charge is -2.40. The number of halogens is 1. The normalized spacial score (nSPS) is 20.0. The molecule has 0 spiro atoms. The van der Waals surface area contributed by atoms with Crippen LogP contribution in [-0.4, -0.2) is 19.3 Å². The molecule has 0 aromatic heterocycles. The van der Waals surface area contributed by atoms with Gasteiger partial charge in [0.25, 0.3) is 0 Å². The fourth-order valence-electron chi connectivity index (χ4n) is 3.52. The minimum absolute atomic E-state index is 0.101. The Bertz CT molecular complexity index is 427. The Morgan fingerprint density at radius 2 is 1.95 bits per heavy atom. The molecule has 0 heterocycles. The van der Waals surface area contributed by atoms with E-state index in [1.54, 1.807) is 0 Å². The third-order valence-corrected chi connectivity index (χ3v) is 4.90. The molecule has 1 unspecified atom stereocenters. The largest absolute Gasteiger partial charge is 0.376 e. The van der Waals surface area contributed by atoms with Gasteiger partial charge in [-0.1, -0.05) is 56.3 Å². The SMILES string of the molecule is CCCNC(c1cccc(Cl)c1)C1(OC)CCCCCC1. The first-order chi connectivity index (χ1) is 10.2. The molecule has 118 valence electrons. The minimum atomic E-state index is -0.101. The molecule has 1 aliphatic rings. The van der Waals surface area contributed by atoms with Crippen LogP contribution in [0, 0.1) is 0 Å². The van der Waals surface area contributed by atoms with Crippen LogP contribution in [0.15, 0.2) is 24.3 Å². The summed E-state index contributed by atoms with van der Waals surface area (Å²) < 4.78 is 6.11. The number of hydrogen-bond acceptors (Lipinski definition) is 2. The second-order valence-electron chi connectivity index (χ2n) is 6.13. The van der Waals surface area contributed by atoms with Crippen molar-refractivity contribution in [3.8, 4) is 0 Å². The van der Waals surface area contributed by atoms with Gasteiger partial charge in [0.05, 0.1) is 11.6 Å². The molecule has 3 heteroatoms. The Balaban J connectivity index is 2.32. The van der Waals surface area contributed by atoms with E-state index >= 15 is 0 Å². The molecule has 1 aliphatic carbocycles. The maximum atomic E-state index is 6.21. The zero-order valence-corrected chi connectivity index (χ0v) is 14.1. The van der Waals surface area contributed by atoms with Gasteiger partial charge < -0.3 is 10.1 Å². The number of rotatable bonds is 6. The average Bonchev–Trinajstić information content (AvgIpc) is 2.74. The molecule has 2 nitrogen and oxygen atoms in total. The van der Waals surface area contributed by atoms with Gasteiger partial charge in [0.2, 0.25) is 0 Å². The van der Waals surface area contributed by atoms with E-state index in [1.807, 2.05) is 19.2 Å². The fraction of sp³-hybridized carbons (Fsp3) is 0.667. The van der Waals surface area contributed by atoms with Crippen LogP contribution in [0.25, 0.3) is 0 Å². The van der Waals surface area contributed by atoms with Crippen molar-refractivity contribution in [2.75, 3.05) is 13.7 Å². The van der Waals surface area contributed by atoms with Gasteiger partial charge in [-0.05, 0) is 43.5 Å². The van der Waals surface area contributed by atoms with E-state index in [4.69, 9.17) is 16.3 Å². The maximum absolute atomic E-state index is 6.21. The van der Waals surface area contributed by atoms with Crippen LogP contribution in [0.3, 0.4) is 0 Å². The zero-order chi connectivity index (χ0) is 15.1. The van der Waals surface area contributed by atoms with Crippen molar-refractivity contribution in [1.29, 1.82) is 0 Å². The first-order valence-electron chi connectivity index (χ1n) is 8.26. The number of nitrogens with one attached hydrogen (secondary N) is 1. The molecule has 0 bridgehead atoms. The lowest BCUT2D eigenvalue weighted by Crippen LogP contribution is -2.45. The Labute approximate surface area is 134 Å². The summed E-state index contributed by atoms with van der Waals surface area (Å²) >= 11 is 6.21. The highest BCUT2D eigenvalue weighted by atomic mass is 35.5. The second kappa shape index (κ2) is 8.17. The van der Waals surface area contributed by atoms with E-state index < -0.39 is 0 Å². The quantitative estimate of drug-likeness (QED) is 0.736. The molecule has 1 saturated carbocycles. The first kappa shape index (κ1) is 16.8. The first-order valence-corrected chi connectivity index (χ1v) is 8.63. The number of benzene rings is 1. The molecule has 0 aliphatic heterocycles. The molecule has 1 aromatic carbocycles. The maximum Gasteiger partial charge on any atom is 0.0872 e. The number of ether oxygens (including phenoxy) is 1. The van der Waals surface area contributed by atoms with Crippen molar-refractivity contribution in [2.24, 2.45) is 0 Å². The highest BCUT2D eigenvalue weighted by Crippen LogP contribution is 2.40. The summed E-state index contributed by atoms with van der Waals surface area (Å²) in [4.78, 5) is 0. The van der Waals surface area contributed by atoms with Crippen LogP contribution in [0.4, 0.5) is 0 Å². The van der Waals surface area contributed by atoms with Crippen LogP contribution in [0.5, 0.6) is 0 Å². The Kier molecular flexibility index (Phi) is 6.53. The second-order valence-corrected chi connectivity index (χ2v) is 6.56. The van der Waals surface area contributed by atoms with Gasteiger partial charge in [0.1, 0.15) is 0 Å². The van der Waals surface area contributed by atoms with Gasteiger partial charge in [0.15, 0.2) is 0 Å². The van der Waals surface area contributed by atoms with Gasteiger partial charge in [0, 0.05) is 12.1 Å². The molecule has 0 amide bonds. The average molecular weight is 310 g/mol. The van der Waals surface area contributed by atoms with Gasteiger partial charge >= 0.3 is 0 Å². The Morgan fingerprint density at radius 3 is 2.52 bits per heavy atom. The van der Waals surface area contributed by atoms with Crippen molar-refractivity contribution in [3.05, 3.63) is 34.9 Å². The molecule has 2 rings (SSSR count). The standard InChI is InChI=1S/C18H28ClNO/c1-3-13-20-17(15-9-8-10-16(19)14-15)18(21-2)11-6-4-5-7-12-18/h8-10,14,17,20H,3-7,11-13H2,1-2H3. The van der Waals surface area contributed by atoms with Crippen LogP contribution < -0.4 is 5.32 Å². The van der Waals surface area contributed by atoms with Crippen LogP contribution in [-0.2, 0) is 4.74 Å². The summed E-state index contributed by atoms with van der Waals surface area (Å²) in [7, 11) is 1.87. The van der Waals surface area contributed by atoms with E-state index in [0.29, 0.717) is 0 Å². The molecule has 0 radical (unpaired) electrons. The smallest absolute Gasteiger partial charge is 0.0872 e. The van der Waals surface area contributed by atoms with Crippen molar-refractivity contribution in [1.82, 2.24) is 5.32 Å². The molecule has 21 heavy (non-hydrogen) atoms. The summed E-state index contributed by atoms with van der Waals surface area (Å²) in [5.41, 5.74) is 1.15. The Hall–Kier alpha value is -0.570. The fourth-order valence-corrected chi connectivity index (χ4v) is 3.72. The lowest BCUT2D eigenvalue weighted by molar-refractivity contribution is -0.0540. The van der Waals surface area contributed by atoms with Crippen molar-refractivity contribution < 1.29 is 4.74 Å². The van der Waals surface area contributed by atoms with Gasteiger partial charge in [-0.3, -0.25) is 0 Å². The van der Waals surface area contributed by atoms with E-state index in [2.05, 4.69) is 24.4 Å². The molecule has 1 atom stereocenters. The van der Waals surface area contributed by atoms with E-state index in [9.17, 15) is 0 Å². The van der Waals surface area contributed by atoms with Gasteiger partial charge in [-0.15, -0.1) is 0 Å². The van der Waals surface area contributed by atoms with Gasteiger partial charge in [-0.2, -0.15) is 0 Å². The van der Waals surface area contributed by atoms with E-state index in [-0.39, 0.29) is 11.6 Å². The van der Waals surface area contributed by atoms with E-state index in [0.717, 1.165) is 30.8 Å². The molecular formula is C18H28ClNO. The van der Waals surface area contributed by atoms with Crippen molar-refractivity contribution in [2.45, 2.75) is 63.5 Å². The van der Waals surface area contributed by atoms with Crippen molar-refractivity contribution in [3.63, 3.8) is 0 Å². The van der Waals surface area contributed by atoms with E-state index in [1.165, 1.54) is 31.2 Å². The molecule has 0 saturated heterocycles. The van der Waals surface area contributed by atoms with Crippen molar-refractivity contribution >= 4 is 11.6 Å². The molecular weight excluding hydrogens is 282 g/mol. The third kappa shape index (κ3) is 4.21. The predicted octanol–water partition coefficient (Wildman–Crippen LogP) is 5.12. The lowest BCUT2D eigenvalue weighted by atomic mass is 9.82. The summed E-state index contributed by atoms with van der Waals surface area (Å²) in [5, 5.41) is 4.52. The van der Waals surface area contributed by atoms with Crippen LogP contribution in [0.1, 0.15) is 63.5 Å². The van der Waals surface area contributed by atoms with Crippen LogP contribution >= 0.6 is 11.6 Å². The summed E-state index contributed by atoms with van der Waals surface area (Å²) in [6.45, 7) is 3.21. The topological polar surface area (TPSA) is 21.3 Å². The molecule has 1 aromatic rings. The Morgan fingerprint density at radius 1 is 1.24 bits per heavy atom. The van der Waals surface area contributed by atoms with Crippen LogP contribution in [0.2, 0.25) is 5.02 Å². The summed E-state index contributed by atoms with van der Waals surface area (Å²) in [5.74, 6) is 0. The zero-order valence-electron chi connectivity index (χ0n) is 13.3. The summed E-state index contributed by atoms with van der Waals surface area (Å²) in [6.07, 6.45) is 8.51.